The SMILES string of the molecule is COc1cc(OC)c(C=CC(=O)c2cc3c(cc2OC)OCCS3)c(OC)c1. The molecule has 28 heavy (non-hydrogen) atoms. The van der Waals surface area contributed by atoms with Crippen molar-refractivity contribution in [3.05, 3.63) is 41.5 Å². The van der Waals surface area contributed by atoms with Crippen LogP contribution >= 0.6 is 11.8 Å². The number of carbonyl (C=O) groups excluding carboxylic acids is 1. The summed E-state index contributed by atoms with van der Waals surface area (Å²) >= 11 is 1.66. The summed E-state index contributed by atoms with van der Waals surface area (Å²) < 4.78 is 27.1. The topological polar surface area (TPSA) is 63.2 Å². The van der Waals surface area contributed by atoms with E-state index in [9.17, 15) is 4.79 Å². The fraction of sp³-hybridized carbons (Fsp3) is 0.286. The van der Waals surface area contributed by atoms with E-state index in [1.165, 1.54) is 13.2 Å². The molecule has 1 aliphatic rings. The fourth-order valence-electron chi connectivity index (χ4n) is 2.88. The van der Waals surface area contributed by atoms with Gasteiger partial charge in [-0.05, 0) is 18.2 Å². The Morgan fingerprint density at radius 2 is 1.64 bits per heavy atom. The van der Waals surface area contributed by atoms with Gasteiger partial charge in [0, 0.05) is 24.0 Å². The molecule has 148 valence electrons. The number of hydrogen-bond donors (Lipinski definition) is 0. The van der Waals surface area contributed by atoms with E-state index in [-0.39, 0.29) is 5.78 Å². The number of ether oxygens (including phenoxy) is 5. The maximum absolute atomic E-state index is 12.9. The summed E-state index contributed by atoms with van der Waals surface area (Å²) in [6, 6.07) is 7.05. The van der Waals surface area contributed by atoms with Crippen molar-refractivity contribution in [2.24, 2.45) is 0 Å². The molecule has 0 aliphatic carbocycles. The molecule has 1 aliphatic heterocycles. The van der Waals surface area contributed by atoms with E-state index >= 15 is 0 Å². The van der Waals surface area contributed by atoms with E-state index in [0.717, 1.165) is 16.4 Å². The quantitative estimate of drug-likeness (QED) is 0.510. The first kappa shape index (κ1) is 19.9. The third kappa shape index (κ3) is 4.04. The lowest BCUT2D eigenvalue weighted by Gasteiger charge is -2.19. The summed E-state index contributed by atoms with van der Waals surface area (Å²) in [6.45, 7) is 0.644. The molecule has 1 heterocycles. The van der Waals surface area contributed by atoms with Gasteiger partial charge in [-0.1, -0.05) is 0 Å². The van der Waals surface area contributed by atoms with Crippen molar-refractivity contribution in [1.82, 2.24) is 0 Å². The highest BCUT2D eigenvalue weighted by atomic mass is 32.2. The van der Waals surface area contributed by atoms with Crippen LogP contribution in [0.2, 0.25) is 0 Å². The predicted octanol–water partition coefficient (Wildman–Crippen LogP) is 4.10. The first-order chi connectivity index (χ1) is 13.6. The van der Waals surface area contributed by atoms with Gasteiger partial charge in [-0.3, -0.25) is 4.79 Å². The van der Waals surface area contributed by atoms with E-state index in [1.54, 1.807) is 57.4 Å². The van der Waals surface area contributed by atoms with Crippen LogP contribution in [0.1, 0.15) is 15.9 Å². The molecule has 0 N–H and O–H groups in total. The minimum absolute atomic E-state index is 0.189. The van der Waals surface area contributed by atoms with Gasteiger partial charge in [0.2, 0.25) is 0 Å². The molecule has 0 saturated carbocycles. The van der Waals surface area contributed by atoms with E-state index < -0.39 is 0 Å². The lowest BCUT2D eigenvalue weighted by molar-refractivity contribution is 0.104. The summed E-state index contributed by atoms with van der Waals surface area (Å²) in [5.41, 5.74) is 1.12. The smallest absolute Gasteiger partial charge is 0.189 e. The van der Waals surface area contributed by atoms with E-state index in [4.69, 9.17) is 23.7 Å². The average molecular weight is 402 g/mol. The molecular formula is C21H22O6S. The van der Waals surface area contributed by atoms with Crippen LogP contribution in [-0.2, 0) is 0 Å². The summed E-state index contributed by atoms with van der Waals surface area (Å²) in [5, 5.41) is 0. The molecule has 7 heteroatoms. The number of allylic oxidation sites excluding steroid dienone is 1. The van der Waals surface area contributed by atoms with E-state index in [1.807, 2.05) is 6.07 Å². The fourth-order valence-corrected chi connectivity index (χ4v) is 3.73. The van der Waals surface area contributed by atoms with Gasteiger partial charge in [0.15, 0.2) is 5.78 Å². The van der Waals surface area contributed by atoms with Gasteiger partial charge < -0.3 is 23.7 Å². The Bertz CT molecular complexity index is 881. The second-order valence-electron chi connectivity index (χ2n) is 5.84. The molecule has 0 atom stereocenters. The van der Waals surface area contributed by atoms with Gasteiger partial charge in [0.1, 0.15) is 28.7 Å². The zero-order valence-corrected chi connectivity index (χ0v) is 17.1. The second-order valence-corrected chi connectivity index (χ2v) is 6.98. The number of benzene rings is 2. The molecule has 0 fully saturated rings. The summed E-state index contributed by atoms with van der Waals surface area (Å²) in [7, 11) is 6.21. The van der Waals surface area contributed by atoms with Crippen LogP contribution in [0.3, 0.4) is 0 Å². The molecule has 0 aromatic heterocycles. The predicted molar refractivity (Wildman–Crippen MR) is 109 cm³/mol. The summed E-state index contributed by atoms with van der Waals surface area (Å²) in [5.74, 6) is 3.57. The standard InChI is InChI=1S/C21H22O6S/c1-23-13-9-17(24-2)14(18(10-13)25-3)5-6-16(22)15-11-21-20(12-19(15)26-4)27-7-8-28-21/h5-6,9-12H,7-8H2,1-4H3. The van der Waals surface area contributed by atoms with Crippen LogP contribution in [-0.4, -0.2) is 46.6 Å². The maximum Gasteiger partial charge on any atom is 0.189 e. The van der Waals surface area contributed by atoms with Crippen LogP contribution in [0, 0.1) is 0 Å². The van der Waals surface area contributed by atoms with Crippen molar-refractivity contribution < 1.29 is 28.5 Å². The number of thioether (sulfide) groups is 1. The van der Waals surface area contributed by atoms with Gasteiger partial charge in [-0.2, -0.15) is 0 Å². The lowest BCUT2D eigenvalue weighted by atomic mass is 10.1. The monoisotopic (exact) mass is 402 g/mol. The molecule has 0 radical (unpaired) electrons. The Morgan fingerprint density at radius 3 is 2.25 bits per heavy atom. The van der Waals surface area contributed by atoms with Gasteiger partial charge in [0.25, 0.3) is 0 Å². The molecule has 3 rings (SSSR count). The van der Waals surface area contributed by atoms with Crippen molar-refractivity contribution in [3.63, 3.8) is 0 Å². The van der Waals surface area contributed by atoms with Crippen molar-refractivity contribution in [2.75, 3.05) is 40.8 Å². The molecular weight excluding hydrogens is 380 g/mol. The minimum Gasteiger partial charge on any atom is -0.496 e. The Hall–Kier alpha value is -2.80. The summed E-state index contributed by atoms with van der Waals surface area (Å²) in [4.78, 5) is 13.8. The Labute approximate surface area is 168 Å². The molecule has 0 unspecified atom stereocenters. The van der Waals surface area contributed by atoms with Crippen LogP contribution in [0.15, 0.2) is 35.2 Å². The zero-order chi connectivity index (χ0) is 20.1. The first-order valence-corrected chi connectivity index (χ1v) is 9.59. The molecule has 2 aromatic carbocycles. The van der Waals surface area contributed by atoms with Crippen molar-refractivity contribution in [2.45, 2.75) is 4.90 Å². The third-order valence-corrected chi connectivity index (χ3v) is 5.29. The number of rotatable bonds is 7. The molecule has 2 aromatic rings. The molecule has 6 nitrogen and oxygen atoms in total. The number of methoxy groups -OCH3 is 4. The van der Waals surface area contributed by atoms with Crippen LogP contribution in [0.5, 0.6) is 28.7 Å². The highest BCUT2D eigenvalue weighted by Crippen LogP contribution is 2.39. The highest BCUT2D eigenvalue weighted by molar-refractivity contribution is 7.99. The number of fused-ring (bicyclic) bond motifs is 1. The van der Waals surface area contributed by atoms with Crippen LogP contribution in [0.25, 0.3) is 6.08 Å². The van der Waals surface area contributed by atoms with Crippen molar-refractivity contribution >= 4 is 23.6 Å². The van der Waals surface area contributed by atoms with Gasteiger partial charge >= 0.3 is 0 Å². The van der Waals surface area contributed by atoms with Gasteiger partial charge in [-0.25, -0.2) is 0 Å². The van der Waals surface area contributed by atoms with Crippen LogP contribution in [0.4, 0.5) is 0 Å². The zero-order valence-electron chi connectivity index (χ0n) is 16.2. The Kier molecular flexibility index (Phi) is 6.36. The lowest BCUT2D eigenvalue weighted by Crippen LogP contribution is -2.08. The Balaban J connectivity index is 1.96. The third-order valence-electron chi connectivity index (χ3n) is 4.28. The van der Waals surface area contributed by atoms with Crippen LogP contribution < -0.4 is 23.7 Å². The normalized spacial score (nSPS) is 12.9. The molecule has 0 amide bonds. The molecule has 0 spiro atoms. The van der Waals surface area contributed by atoms with Gasteiger partial charge in [-0.15, -0.1) is 11.8 Å². The maximum atomic E-state index is 12.9. The minimum atomic E-state index is -0.189. The van der Waals surface area contributed by atoms with Gasteiger partial charge in [0.05, 0.1) is 51.1 Å². The Morgan fingerprint density at radius 1 is 0.964 bits per heavy atom. The van der Waals surface area contributed by atoms with E-state index in [2.05, 4.69) is 0 Å². The highest BCUT2D eigenvalue weighted by Gasteiger charge is 2.19. The number of carbonyl (C=O) groups is 1. The number of hydrogen-bond acceptors (Lipinski definition) is 7. The van der Waals surface area contributed by atoms with Crippen molar-refractivity contribution in [1.29, 1.82) is 0 Å². The van der Waals surface area contributed by atoms with E-state index in [0.29, 0.717) is 40.7 Å². The average Bonchev–Trinajstić information content (AvgIpc) is 2.75. The van der Waals surface area contributed by atoms with Crippen molar-refractivity contribution in [3.8, 4) is 28.7 Å². The first-order valence-electron chi connectivity index (χ1n) is 8.61. The summed E-state index contributed by atoms with van der Waals surface area (Å²) in [6.07, 6.45) is 3.15. The molecule has 0 bridgehead atoms. The molecule has 0 saturated heterocycles. The largest absolute Gasteiger partial charge is 0.496 e. The second kappa shape index (κ2) is 8.93. The number of ketones is 1.